The standard InChI is InChI=1S/C21H27N3O4S/c1-16-8-10-19(11-9-16)29(26,27)23-21(25)22-17(2)20(18-6-4-3-5-7-18)24-12-14-28-15-13-24/h3-11,17,20H,12-15H2,1-2H3,(H2,22,23,25)/t17-,20+/m1/s1. The second kappa shape index (κ2) is 9.39. The summed E-state index contributed by atoms with van der Waals surface area (Å²) in [5, 5.41) is 2.80. The first-order valence-electron chi connectivity index (χ1n) is 9.63. The van der Waals surface area contributed by atoms with Crippen molar-refractivity contribution in [2.24, 2.45) is 0 Å². The maximum atomic E-state index is 12.5. The number of hydrogen-bond donors (Lipinski definition) is 2. The van der Waals surface area contributed by atoms with Crippen molar-refractivity contribution in [3.05, 3.63) is 65.7 Å². The lowest BCUT2D eigenvalue weighted by Gasteiger charge is -2.38. The van der Waals surface area contributed by atoms with E-state index in [4.69, 9.17) is 4.74 Å². The van der Waals surface area contributed by atoms with Gasteiger partial charge in [0.05, 0.1) is 24.2 Å². The zero-order chi connectivity index (χ0) is 20.9. The maximum Gasteiger partial charge on any atom is 0.328 e. The number of sulfonamides is 1. The van der Waals surface area contributed by atoms with Crippen LogP contribution in [0, 0.1) is 6.92 Å². The van der Waals surface area contributed by atoms with Crippen LogP contribution in [0.25, 0.3) is 0 Å². The number of rotatable bonds is 6. The highest BCUT2D eigenvalue weighted by molar-refractivity contribution is 7.90. The molecule has 0 bridgehead atoms. The van der Waals surface area contributed by atoms with Gasteiger partial charge >= 0.3 is 6.03 Å². The minimum Gasteiger partial charge on any atom is -0.379 e. The van der Waals surface area contributed by atoms with Crippen LogP contribution < -0.4 is 10.0 Å². The maximum absolute atomic E-state index is 12.5. The van der Waals surface area contributed by atoms with Crippen molar-refractivity contribution in [3.63, 3.8) is 0 Å². The number of ether oxygens (including phenoxy) is 1. The molecule has 0 spiro atoms. The SMILES string of the molecule is Cc1ccc(S(=O)(=O)NC(=O)N[C@H](C)[C@@H](c2ccccc2)N2CCOCC2)cc1. The Labute approximate surface area is 172 Å². The van der Waals surface area contributed by atoms with E-state index in [9.17, 15) is 13.2 Å². The molecule has 1 heterocycles. The van der Waals surface area contributed by atoms with Crippen LogP contribution in [0.2, 0.25) is 0 Å². The molecule has 1 saturated heterocycles. The number of benzene rings is 2. The van der Waals surface area contributed by atoms with Crippen LogP contribution in [-0.4, -0.2) is 51.7 Å². The van der Waals surface area contributed by atoms with E-state index in [0.717, 1.165) is 24.2 Å². The van der Waals surface area contributed by atoms with E-state index in [1.165, 1.54) is 12.1 Å². The van der Waals surface area contributed by atoms with Gasteiger partial charge in [-0.1, -0.05) is 48.0 Å². The molecule has 2 aromatic rings. The van der Waals surface area contributed by atoms with Gasteiger partial charge in [0.25, 0.3) is 10.0 Å². The van der Waals surface area contributed by atoms with Crippen LogP contribution in [-0.2, 0) is 14.8 Å². The normalized spacial score (nSPS) is 17.3. The predicted octanol–water partition coefficient (Wildman–Crippen LogP) is 2.44. The molecule has 0 aliphatic carbocycles. The lowest BCUT2D eigenvalue weighted by molar-refractivity contribution is 0.00967. The quantitative estimate of drug-likeness (QED) is 0.754. The van der Waals surface area contributed by atoms with E-state index in [1.807, 2.05) is 44.2 Å². The van der Waals surface area contributed by atoms with Gasteiger partial charge in [-0.3, -0.25) is 4.90 Å². The summed E-state index contributed by atoms with van der Waals surface area (Å²) in [4.78, 5) is 14.8. The minimum absolute atomic E-state index is 0.0543. The van der Waals surface area contributed by atoms with E-state index >= 15 is 0 Å². The van der Waals surface area contributed by atoms with Crippen molar-refractivity contribution in [1.82, 2.24) is 14.9 Å². The van der Waals surface area contributed by atoms with Crippen LogP contribution in [0.4, 0.5) is 4.79 Å². The topological polar surface area (TPSA) is 87.7 Å². The highest BCUT2D eigenvalue weighted by Gasteiger charge is 2.29. The van der Waals surface area contributed by atoms with Crippen molar-refractivity contribution in [3.8, 4) is 0 Å². The molecule has 1 aliphatic rings. The molecule has 2 aromatic carbocycles. The van der Waals surface area contributed by atoms with Gasteiger partial charge in [-0.25, -0.2) is 17.9 Å². The summed E-state index contributed by atoms with van der Waals surface area (Å²) in [7, 11) is -3.93. The number of urea groups is 1. The number of carbonyl (C=O) groups is 1. The first kappa shape index (κ1) is 21.3. The molecule has 7 nitrogen and oxygen atoms in total. The van der Waals surface area contributed by atoms with Gasteiger partial charge in [0.15, 0.2) is 0 Å². The third-order valence-electron chi connectivity index (χ3n) is 4.97. The monoisotopic (exact) mass is 417 g/mol. The third kappa shape index (κ3) is 5.56. The molecule has 2 amide bonds. The molecule has 1 fully saturated rings. The summed E-state index contributed by atoms with van der Waals surface area (Å²) in [6.45, 7) is 6.50. The van der Waals surface area contributed by atoms with Gasteiger partial charge in [0.2, 0.25) is 0 Å². The molecule has 0 saturated carbocycles. The Bertz CT molecular complexity index is 911. The van der Waals surface area contributed by atoms with Crippen molar-refractivity contribution in [2.75, 3.05) is 26.3 Å². The van der Waals surface area contributed by atoms with E-state index in [-0.39, 0.29) is 17.0 Å². The summed E-state index contributed by atoms with van der Waals surface area (Å²) in [6, 6.07) is 15.1. The van der Waals surface area contributed by atoms with Crippen LogP contribution in [0.5, 0.6) is 0 Å². The molecule has 0 unspecified atom stereocenters. The minimum atomic E-state index is -3.93. The van der Waals surface area contributed by atoms with Gasteiger partial charge in [0, 0.05) is 19.1 Å². The van der Waals surface area contributed by atoms with Crippen LogP contribution in [0.15, 0.2) is 59.5 Å². The second-order valence-electron chi connectivity index (χ2n) is 7.18. The molecule has 1 aliphatic heterocycles. The van der Waals surface area contributed by atoms with E-state index in [2.05, 4.69) is 14.9 Å². The fourth-order valence-corrected chi connectivity index (χ4v) is 4.45. The number of amides is 2. The van der Waals surface area contributed by atoms with Gasteiger partial charge in [0.1, 0.15) is 0 Å². The number of nitrogens with zero attached hydrogens (tertiary/aromatic N) is 1. The summed E-state index contributed by atoms with van der Waals surface area (Å²) in [6.07, 6.45) is 0. The Morgan fingerprint density at radius 3 is 2.28 bits per heavy atom. The first-order chi connectivity index (χ1) is 13.9. The van der Waals surface area contributed by atoms with E-state index in [1.54, 1.807) is 12.1 Å². The van der Waals surface area contributed by atoms with Crippen molar-refractivity contribution in [2.45, 2.75) is 30.8 Å². The average Bonchev–Trinajstić information content (AvgIpc) is 2.69. The van der Waals surface area contributed by atoms with Crippen LogP contribution in [0.3, 0.4) is 0 Å². The van der Waals surface area contributed by atoms with E-state index < -0.39 is 16.1 Å². The third-order valence-corrected chi connectivity index (χ3v) is 6.32. The molecule has 8 heteroatoms. The highest BCUT2D eigenvalue weighted by atomic mass is 32.2. The molecule has 29 heavy (non-hydrogen) atoms. The molecule has 0 radical (unpaired) electrons. The number of nitrogens with one attached hydrogen (secondary N) is 2. The number of morpholine rings is 1. The Hall–Kier alpha value is -2.42. The van der Waals surface area contributed by atoms with Gasteiger partial charge in [-0.2, -0.15) is 0 Å². The highest BCUT2D eigenvalue weighted by Crippen LogP contribution is 2.25. The van der Waals surface area contributed by atoms with E-state index in [0.29, 0.717) is 13.2 Å². The summed E-state index contributed by atoms with van der Waals surface area (Å²) < 4.78 is 32.5. The summed E-state index contributed by atoms with van der Waals surface area (Å²) in [5.74, 6) is 0. The lowest BCUT2D eigenvalue weighted by atomic mass is 9.98. The summed E-state index contributed by atoms with van der Waals surface area (Å²) in [5.41, 5.74) is 2.00. The van der Waals surface area contributed by atoms with Gasteiger partial charge < -0.3 is 10.1 Å². The van der Waals surface area contributed by atoms with Crippen molar-refractivity contribution in [1.29, 1.82) is 0 Å². The predicted molar refractivity (Wildman–Crippen MR) is 111 cm³/mol. The fourth-order valence-electron chi connectivity index (χ4n) is 3.54. The average molecular weight is 418 g/mol. The zero-order valence-electron chi connectivity index (χ0n) is 16.7. The Morgan fingerprint density at radius 1 is 1.03 bits per heavy atom. The molecule has 0 aromatic heterocycles. The van der Waals surface area contributed by atoms with Gasteiger partial charge in [-0.15, -0.1) is 0 Å². The molecule has 2 N–H and O–H groups in total. The summed E-state index contributed by atoms with van der Waals surface area (Å²) >= 11 is 0. The molecule has 2 atom stereocenters. The van der Waals surface area contributed by atoms with Crippen molar-refractivity contribution >= 4 is 16.1 Å². The Morgan fingerprint density at radius 2 is 1.66 bits per heavy atom. The van der Waals surface area contributed by atoms with Gasteiger partial charge in [-0.05, 0) is 31.5 Å². The molecule has 3 rings (SSSR count). The molecule has 156 valence electrons. The Kier molecular flexibility index (Phi) is 6.89. The number of aryl methyl sites for hydroxylation is 1. The number of carbonyl (C=O) groups excluding carboxylic acids is 1. The number of hydrogen-bond acceptors (Lipinski definition) is 5. The molecular weight excluding hydrogens is 390 g/mol. The largest absolute Gasteiger partial charge is 0.379 e. The molecular formula is C21H27N3O4S. The van der Waals surface area contributed by atoms with Crippen LogP contribution in [0.1, 0.15) is 24.1 Å². The fraction of sp³-hybridized carbons (Fsp3) is 0.381. The first-order valence-corrected chi connectivity index (χ1v) is 11.1. The Balaban J connectivity index is 1.72. The second-order valence-corrected chi connectivity index (χ2v) is 8.87. The van der Waals surface area contributed by atoms with Crippen LogP contribution >= 0.6 is 0 Å². The smallest absolute Gasteiger partial charge is 0.328 e. The van der Waals surface area contributed by atoms with Crippen molar-refractivity contribution < 1.29 is 17.9 Å². The lowest BCUT2D eigenvalue weighted by Crippen LogP contribution is -2.51. The zero-order valence-corrected chi connectivity index (χ0v) is 17.5.